The van der Waals surface area contributed by atoms with E-state index in [0.29, 0.717) is 6.54 Å². The molecule has 0 radical (unpaired) electrons. The van der Waals surface area contributed by atoms with Crippen LogP contribution < -0.4 is 11.1 Å². The highest BCUT2D eigenvalue weighted by molar-refractivity contribution is 7.14. The van der Waals surface area contributed by atoms with E-state index in [1.165, 1.54) is 16.9 Å². The summed E-state index contributed by atoms with van der Waals surface area (Å²) < 4.78 is 0. The van der Waals surface area contributed by atoms with E-state index in [0.717, 1.165) is 17.7 Å². The molecular weight excluding hydrogens is 220 g/mol. The zero-order valence-corrected chi connectivity index (χ0v) is 10.6. The van der Waals surface area contributed by atoms with Crippen molar-refractivity contribution in [3.63, 3.8) is 0 Å². The summed E-state index contributed by atoms with van der Waals surface area (Å²) >= 11 is 1.55. The number of carbonyl (C=O) groups excluding carboxylic acids is 1. The maximum atomic E-state index is 11.8. The fourth-order valence-electron chi connectivity index (χ4n) is 1.84. The Morgan fingerprint density at radius 1 is 1.56 bits per heavy atom. The lowest BCUT2D eigenvalue weighted by Gasteiger charge is -2.38. The molecule has 1 aliphatic carbocycles. The molecule has 0 aromatic carbocycles. The molecule has 1 heterocycles. The molecule has 0 atom stereocenters. The van der Waals surface area contributed by atoms with E-state index in [1.54, 1.807) is 11.3 Å². The van der Waals surface area contributed by atoms with Crippen molar-refractivity contribution in [3.8, 4) is 0 Å². The van der Waals surface area contributed by atoms with Crippen LogP contribution in [0.4, 0.5) is 0 Å². The Morgan fingerprint density at radius 2 is 2.25 bits per heavy atom. The number of rotatable bonds is 3. The van der Waals surface area contributed by atoms with Gasteiger partial charge in [0.1, 0.15) is 0 Å². The molecule has 3 N–H and O–H groups in total. The van der Waals surface area contributed by atoms with Crippen LogP contribution in [0.25, 0.3) is 0 Å². The average Bonchev–Trinajstić information content (AvgIpc) is 2.53. The van der Waals surface area contributed by atoms with Crippen LogP contribution in [-0.2, 0) is 0 Å². The van der Waals surface area contributed by atoms with E-state index in [1.807, 2.05) is 19.9 Å². The summed E-state index contributed by atoms with van der Waals surface area (Å²) in [5.41, 5.74) is 7.09. The van der Waals surface area contributed by atoms with Crippen molar-refractivity contribution in [2.45, 2.75) is 38.6 Å². The van der Waals surface area contributed by atoms with Crippen LogP contribution in [0.2, 0.25) is 0 Å². The second kappa shape index (κ2) is 4.18. The fraction of sp³-hybridized carbons (Fsp3) is 0.583. The average molecular weight is 238 g/mol. The van der Waals surface area contributed by atoms with E-state index in [9.17, 15) is 4.79 Å². The Kier molecular flexibility index (Phi) is 3.04. The molecule has 1 aliphatic rings. The maximum Gasteiger partial charge on any atom is 0.261 e. The van der Waals surface area contributed by atoms with Gasteiger partial charge in [-0.2, -0.15) is 0 Å². The van der Waals surface area contributed by atoms with Crippen LogP contribution in [0.1, 0.15) is 39.4 Å². The van der Waals surface area contributed by atoms with Gasteiger partial charge in [-0.25, -0.2) is 0 Å². The quantitative estimate of drug-likeness (QED) is 0.846. The molecule has 1 amide bonds. The van der Waals surface area contributed by atoms with Gasteiger partial charge in [0, 0.05) is 17.0 Å². The van der Waals surface area contributed by atoms with Crippen LogP contribution in [0, 0.1) is 13.8 Å². The summed E-state index contributed by atoms with van der Waals surface area (Å²) in [4.78, 5) is 13.8. The highest BCUT2D eigenvalue weighted by Gasteiger charge is 2.32. The molecule has 16 heavy (non-hydrogen) atoms. The lowest BCUT2D eigenvalue weighted by Crippen LogP contribution is -2.54. The molecule has 88 valence electrons. The summed E-state index contributed by atoms with van der Waals surface area (Å²) in [5, 5.41) is 2.93. The fourth-order valence-corrected chi connectivity index (χ4v) is 2.79. The summed E-state index contributed by atoms with van der Waals surface area (Å²) in [5.74, 6) is 0.0120. The second-order valence-corrected chi connectivity index (χ2v) is 6.00. The van der Waals surface area contributed by atoms with Crippen LogP contribution >= 0.6 is 11.3 Å². The van der Waals surface area contributed by atoms with Crippen molar-refractivity contribution >= 4 is 17.2 Å². The third-order valence-corrected chi connectivity index (χ3v) is 4.49. The van der Waals surface area contributed by atoms with E-state index >= 15 is 0 Å². The number of hydrogen-bond acceptors (Lipinski definition) is 3. The van der Waals surface area contributed by atoms with E-state index in [2.05, 4.69) is 5.32 Å². The zero-order chi connectivity index (χ0) is 11.8. The Bertz CT molecular complexity index is 388. The standard InChI is InChI=1S/C12H18N2OS/c1-8-6-10(16-9(8)2)11(15)14-7-12(13)4-3-5-12/h6H,3-5,7,13H2,1-2H3,(H,14,15). The summed E-state index contributed by atoms with van der Waals surface area (Å²) in [6.45, 7) is 4.66. The van der Waals surface area contributed by atoms with Crippen LogP contribution in [-0.4, -0.2) is 18.0 Å². The predicted molar refractivity (Wildman–Crippen MR) is 66.9 cm³/mol. The van der Waals surface area contributed by atoms with Gasteiger partial charge >= 0.3 is 0 Å². The topological polar surface area (TPSA) is 55.1 Å². The van der Waals surface area contributed by atoms with Gasteiger partial charge in [-0.05, 0) is 44.7 Å². The molecule has 2 rings (SSSR count). The zero-order valence-electron chi connectivity index (χ0n) is 9.80. The molecule has 1 fully saturated rings. The number of thiophene rings is 1. The van der Waals surface area contributed by atoms with Crippen LogP contribution in [0.5, 0.6) is 0 Å². The van der Waals surface area contributed by atoms with Crippen molar-refractivity contribution in [2.24, 2.45) is 5.73 Å². The Balaban J connectivity index is 1.93. The molecule has 0 bridgehead atoms. The lowest BCUT2D eigenvalue weighted by molar-refractivity contribution is 0.0934. The van der Waals surface area contributed by atoms with E-state index < -0.39 is 0 Å². The Hall–Kier alpha value is -0.870. The van der Waals surface area contributed by atoms with Gasteiger partial charge in [-0.15, -0.1) is 11.3 Å². The maximum absolute atomic E-state index is 11.8. The van der Waals surface area contributed by atoms with Crippen molar-refractivity contribution in [1.82, 2.24) is 5.32 Å². The van der Waals surface area contributed by atoms with Crippen molar-refractivity contribution in [1.29, 1.82) is 0 Å². The second-order valence-electron chi connectivity index (χ2n) is 4.75. The summed E-state index contributed by atoms with van der Waals surface area (Å²) in [6.07, 6.45) is 3.23. The summed E-state index contributed by atoms with van der Waals surface area (Å²) in [7, 11) is 0. The van der Waals surface area contributed by atoms with Gasteiger partial charge in [0.15, 0.2) is 0 Å². The predicted octanol–water partition coefficient (Wildman–Crippen LogP) is 1.98. The molecule has 1 aromatic rings. The molecule has 0 spiro atoms. The van der Waals surface area contributed by atoms with Gasteiger partial charge in [0.05, 0.1) is 4.88 Å². The van der Waals surface area contributed by atoms with Gasteiger partial charge in [-0.1, -0.05) is 0 Å². The van der Waals surface area contributed by atoms with Gasteiger partial charge < -0.3 is 11.1 Å². The van der Waals surface area contributed by atoms with Crippen LogP contribution in [0.15, 0.2) is 6.07 Å². The molecule has 0 saturated heterocycles. The third kappa shape index (κ3) is 2.28. The SMILES string of the molecule is Cc1cc(C(=O)NCC2(N)CCC2)sc1C. The first kappa shape index (κ1) is 11.6. The van der Waals surface area contributed by atoms with Crippen molar-refractivity contribution in [2.75, 3.05) is 6.54 Å². The first-order valence-electron chi connectivity index (χ1n) is 5.64. The largest absolute Gasteiger partial charge is 0.349 e. The van der Waals surface area contributed by atoms with E-state index in [4.69, 9.17) is 5.73 Å². The Labute approximate surface area is 100 Å². The minimum absolute atomic E-state index is 0.0120. The third-order valence-electron chi connectivity index (χ3n) is 3.34. The Morgan fingerprint density at radius 3 is 2.69 bits per heavy atom. The van der Waals surface area contributed by atoms with Crippen LogP contribution in [0.3, 0.4) is 0 Å². The molecule has 1 aromatic heterocycles. The molecular formula is C12H18N2OS. The van der Waals surface area contributed by atoms with Gasteiger partial charge in [-0.3, -0.25) is 4.79 Å². The number of nitrogens with one attached hydrogen (secondary N) is 1. The number of carbonyl (C=O) groups is 1. The highest BCUT2D eigenvalue weighted by Crippen LogP contribution is 2.28. The molecule has 4 heteroatoms. The van der Waals surface area contributed by atoms with Crippen molar-refractivity contribution < 1.29 is 4.79 Å². The first-order chi connectivity index (χ1) is 7.50. The van der Waals surface area contributed by atoms with Gasteiger partial charge in [0.2, 0.25) is 0 Å². The first-order valence-corrected chi connectivity index (χ1v) is 6.46. The van der Waals surface area contributed by atoms with Gasteiger partial charge in [0.25, 0.3) is 5.91 Å². The molecule has 3 nitrogen and oxygen atoms in total. The molecule has 0 unspecified atom stereocenters. The lowest BCUT2D eigenvalue weighted by atomic mass is 9.78. The van der Waals surface area contributed by atoms with Crippen molar-refractivity contribution in [3.05, 3.63) is 21.4 Å². The number of hydrogen-bond donors (Lipinski definition) is 2. The minimum Gasteiger partial charge on any atom is -0.349 e. The summed E-state index contributed by atoms with van der Waals surface area (Å²) in [6, 6.07) is 1.94. The number of nitrogens with two attached hydrogens (primary N) is 1. The van der Waals surface area contributed by atoms with E-state index in [-0.39, 0.29) is 11.4 Å². The number of aryl methyl sites for hydroxylation is 2. The number of amides is 1. The highest BCUT2D eigenvalue weighted by atomic mass is 32.1. The monoisotopic (exact) mass is 238 g/mol. The smallest absolute Gasteiger partial charge is 0.261 e. The minimum atomic E-state index is -0.142. The normalized spacial score (nSPS) is 17.9. The molecule has 0 aliphatic heterocycles. The molecule has 1 saturated carbocycles.